The Morgan fingerprint density at radius 3 is 2.84 bits per heavy atom. The molecule has 0 aliphatic carbocycles. The Hall–Kier alpha value is -1.86. The van der Waals surface area contributed by atoms with Crippen molar-refractivity contribution in [3.8, 4) is 0 Å². The van der Waals surface area contributed by atoms with Crippen LogP contribution in [0.3, 0.4) is 0 Å². The Bertz CT molecular complexity index is 662. The monoisotopic (exact) mass is 364 g/mol. The van der Waals surface area contributed by atoms with Gasteiger partial charge in [0.05, 0.1) is 23.5 Å². The van der Waals surface area contributed by atoms with Gasteiger partial charge in [-0.2, -0.15) is 0 Å². The molecule has 0 amide bonds. The van der Waals surface area contributed by atoms with Crippen LogP contribution in [0.25, 0.3) is 0 Å². The first-order valence-corrected chi connectivity index (χ1v) is 9.53. The number of aliphatic hydroxyl groups is 1. The van der Waals surface area contributed by atoms with Crippen LogP contribution >= 0.6 is 11.3 Å². The second-order valence-corrected chi connectivity index (χ2v) is 7.34. The van der Waals surface area contributed by atoms with Gasteiger partial charge in [0, 0.05) is 30.8 Å². The van der Waals surface area contributed by atoms with Crippen LogP contribution < -0.4 is 10.6 Å². The average molecular weight is 365 g/mol. The first-order chi connectivity index (χ1) is 11.9. The summed E-state index contributed by atoms with van der Waals surface area (Å²) in [6, 6.07) is 3.51. The van der Waals surface area contributed by atoms with E-state index < -0.39 is 5.60 Å². The molecule has 2 aromatic heterocycles. The van der Waals surface area contributed by atoms with Crippen LogP contribution in [-0.4, -0.2) is 35.7 Å². The average Bonchev–Trinajstić information content (AvgIpc) is 3.24. The lowest BCUT2D eigenvalue weighted by molar-refractivity contribution is 0.0437. The Morgan fingerprint density at radius 1 is 1.44 bits per heavy atom. The number of hydrogen-bond donors (Lipinski definition) is 3. The van der Waals surface area contributed by atoms with E-state index in [0.717, 1.165) is 25.2 Å². The maximum atomic E-state index is 10.5. The number of nitrogens with one attached hydrogen (secondary N) is 2. The summed E-state index contributed by atoms with van der Waals surface area (Å²) in [7, 11) is 0. The fourth-order valence-electron chi connectivity index (χ4n) is 2.25. The molecule has 0 spiro atoms. The van der Waals surface area contributed by atoms with Gasteiger partial charge in [0.25, 0.3) is 0 Å². The number of nitrogens with zero attached hydrogens (tertiary/aromatic N) is 2. The largest absolute Gasteiger partial charge is 0.466 e. The third-order valence-corrected chi connectivity index (χ3v) is 4.87. The summed E-state index contributed by atoms with van der Waals surface area (Å²) < 4.78 is 5.28. The minimum atomic E-state index is -1.13. The summed E-state index contributed by atoms with van der Waals surface area (Å²) in [5.74, 6) is 1.65. The number of guanidine groups is 1. The number of aliphatic imine (C=N–C) groups is 1. The lowest BCUT2D eigenvalue weighted by Crippen LogP contribution is -2.39. The molecular formula is C18H28N4O2S. The van der Waals surface area contributed by atoms with Crippen LogP contribution in [0.4, 0.5) is 0 Å². The zero-order valence-electron chi connectivity index (χ0n) is 15.4. The zero-order valence-corrected chi connectivity index (χ0v) is 16.2. The van der Waals surface area contributed by atoms with Gasteiger partial charge >= 0.3 is 0 Å². The highest BCUT2D eigenvalue weighted by Gasteiger charge is 2.26. The Labute approximate surface area is 153 Å². The van der Waals surface area contributed by atoms with Crippen molar-refractivity contribution >= 4 is 17.3 Å². The molecule has 7 heteroatoms. The van der Waals surface area contributed by atoms with Crippen LogP contribution in [0.2, 0.25) is 0 Å². The third-order valence-electron chi connectivity index (χ3n) is 3.68. The summed E-state index contributed by atoms with van der Waals surface area (Å²) in [6.07, 6.45) is 2.39. The van der Waals surface area contributed by atoms with Gasteiger partial charge in [0.15, 0.2) is 5.96 Å². The molecule has 2 aromatic rings. The van der Waals surface area contributed by atoms with E-state index in [4.69, 9.17) is 4.42 Å². The fourth-order valence-corrected chi connectivity index (χ4v) is 3.12. The maximum Gasteiger partial charge on any atom is 0.191 e. The van der Waals surface area contributed by atoms with E-state index in [1.165, 1.54) is 5.01 Å². The first kappa shape index (κ1) is 19.5. The zero-order chi connectivity index (χ0) is 18.3. The van der Waals surface area contributed by atoms with E-state index >= 15 is 0 Å². The van der Waals surface area contributed by atoms with E-state index in [1.807, 2.05) is 6.92 Å². The lowest BCUT2D eigenvalue weighted by atomic mass is 10.0. The first-order valence-electron chi connectivity index (χ1n) is 8.65. The van der Waals surface area contributed by atoms with E-state index in [-0.39, 0.29) is 6.54 Å². The van der Waals surface area contributed by atoms with Gasteiger partial charge in [-0.25, -0.2) is 9.98 Å². The molecule has 0 aliphatic heterocycles. The normalized spacial score (nSPS) is 14.6. The van der Waals surface area contributed by atoms with Crippen LogP contribution in [-0.2, 0) is 12.0 Å². The second-order valence-electron chi connectivity index (χ2n) is 6.45. The molecule has 0 saturated carbocycles. The molecule has 0 saturated heterocycles. The van der Waals surface area contributed by atoms with Crippen molar-refractivity contribution in [1.82, 2.24) is 15.6 Å². The Morgan fingerprint density at radius 2 is 2.24 bits per heavy atom. The summed E-state index contributed by atoms with van der Waals surface area (Å²) in [4.78, 5) is 9.11. The molecule has 138 valence electrons. The third kappa shape index (κ3) is 5.86. The highest BCUT2D eigenvalue weighted by molar-refractivity contribution is 7.09. The Balaban J connectivity index is 1.89. The van der Waals surface area contributed by atoms with Gasteiger partial charge in [0.1, 0.15) is 11.4 Å². The molecule has 1 unspecified atom stereocenters. The molecule has 0 radical (unpaired) electrons. The van der Waals surface area contributed by atoms with Crippen LogP contribution in [0.5, 0.6) is 0 Å². The van der Waals surface area contributed by atoms with Gasteiger partial charge < -0.3 is 20.2 Å². The standard InChI is InChI=1S/C18H28N4O2S/c1-5-19-17(21-12-18(4,23)15-7-6-10-24-15)20-9-8-14-11-25-16(22-14)13(2)3/h6-7,10-11,13,23H,5,8-9,12H2,1-4H3,(H2,19,20,21). The minimum Gasteiger partial charge on any atom is -0.466 e. The highest BCUT2D eigenvalue weighted by atomic mass is 32.1. The summed E-state index contributed by atoms with van der Waals surface area (Å²) in [5.41, 5.74) is -0.0351. The molecule has 2 rings (SSSR count). The number of furan rings is 1. The summed E-state index contributed by atoms with van der Waals surface area (Å²) in [5, 5.41) is 20.2. The van der Waals surface area contributed by atoms with E-state index in [9.17, 15) is 5.11 Å². The van der Waals surface area contributed by atoms with Crippen molar-refractivity contribution < 1.29 is 9.52 Å². The molecule has 25 heavy (non-hydrogen) atoms. The van der Waals surface area contributed by atoms with Gasteiger partial charge in [0.2, 0.25) is 0 Å². The molecular weight excluding hydrogens is 336 g/mol. The molecule has 0 bridgehead atoms. The van der Waals surface area contributed by atoms with Gasteiger partial charge in [-0.15, -0.1) is 11.3 Å². The predicted molar refractivity (Wildman–Crippen MR) is 102 cm³/mol. The van der Waals surface area contributed by atoms with Crippen LogP contribution in [0.1, 0.15) is 50.1 Å². The number of hydrogen-bond acceptors (Lipinski definition) is 5. The van der Waals surface area contributed by atoms with Gasteiger partial charge in [-0.05, 0) is 26.0 Å². The second kappa shape index (κ2) is 9.01. The van der Waals surface area contributed by atoms with E-state index in [0.29, 0.717) is 17.6 Å². The van der Waals surface area contributed by atoms with Crippen LogP contribution in [0, 0.1) is 0 Å². The van der Waals surface area contributed by atoms with Crippen molar-refractivity contribution in [2.24, 2.45) is 4.99 Å². The van der Waals surface area contributed by atoms with Crippen molar-refractivity contribution in [1.29, 1.82) is 0 Å². The molecule has 3 N–H and O–H groups in total. The Kier molecular flexibility index (Phi) is 7.01. The van der Waals surface area contributed by atoms with Gasteiger partial charge in [-0.1, -0.05) is 13.8 Å². The summed E-state index contributed by atoms with van der Waals surface area (Å²) in [6.45, 7) is 9.71. The van der Waals surface area contributed by atoms with Crippen molar-refractivity contribution in [3.63, 3.8) is 0 Å². The van der Waals surface area contributed by atoms with Crippen molar-refractivity contribution in [3.05, 3.63) is 40.2 Å². The smallest absolute Gasteiger partial charge is 0.191 e. The molecule has 0 fully saturated rings. The topological polar surface area (TPSA) is 82.7 Å². The molecule has 6 nitrogen and oxygen atoms in total. The number of aromatic nitrogens is 1. The quantitative estimate of drug-likeness (QED) is 0.496. The van der Waals surface area contributed by atoms with Crippen molar-refractivity contribution in [2.45, 2.75) is 45.6 Å². The highest BCUT2D eigenvalue weighted by Crippen LogP contribution is 2.21. The molecule has 0 aromatic carbocycles. The van der Waals surface area contributed by atoms with Gasteiger partial charge in [-0.3, -0.25) is 0 Å². The van der Waals surface area contributed by atoms with E-state index in [2.05, 4.69) is 39.8 Å². The predicted octanol–water partition coefficient (Wildman–Crippen LogP) is 2.86. The molecule has 2 heterocycles. The summed E-state index contributed by atoms with van der Waals surface area (Å²) >= 11 is 1.71. The SMILES string of the molecule is CCNC(=NCC(C)(O)c1ccco1)NCCc1csc(C(C)C)n1. The minimum absolute atomic E-state index is 0.212. The molecule has 1 atom stereocenters. The lowest BCUT2D eigenvalue weighted by Gasteiger charge is -2.19. The van der Waals surface area contributed by atoms with Crippen molar-refractivity contribution in [2.75, 3.05) is 19.6 Å². The molecule has 0 aliphatic rings. The number of thiazole rings is 1. The number of rotatable bonds is 8. The maximum absolute atomic E-state index is 10.5. The fraction of sp³-hybridized carbons (Fsp3) is 0.556. The van der Waals surface area contributed by atoms with Crippen LogP contribution in [0.15, 0.2) is 33.2 Å². The van der Waals surface area contributed by atoms with E-state index in [1.54, 1.807) is 36.7 Å².